The van der Waals surface area contributed by atoms with Crippen LogP contribution in [0.25, 0.3) is 0 Å². The minimum Gasteiger partial charge on any atom is -0.462 e. The van der Waals surface area contributed by atoms with Crippen LogP contribution in [0.5, 0.6) is 0 Å². The Hall–Kier alpha value is -5.74. The van der Waals surface area contributed by atoms with Gasteiger partial charge in [-0.1, -0.05) is 119 Å². The summed E-state index contributed by atoms with van der Waals surface area (Å²) in [7, 11) is 0. The molecular formula is C58H62O14. The highest BCUT2D eigenvalue weighted by Gasteiger charge is 2.91. The second kappa shape index (κ2) is 18.3. The van der Waals surface area contributed by atoms with Gasteiger partial charge < -0.3 is 48.1 Å². The van der Waals surface area contributed by atoms with E-state index in [4.69, 9.17) is 37.9 Å². The summed E-state index contributed by atoms with van der Waals surface area (Å²) in [6, 6.07) is 34.1. The number of fused-ring (bicyclic) bond motifs is 1. The Kier molecular flexibility index (Phi) is 12.4. The highest BCUT2D eigenvalue weighted by atomic mass is 16.9. The number of esters is 4. The predicted octanol–water partition coefficient (Wildman–Crippen LogP) is 8.06. The van der Waals surface area contributed by atoms with Crippen LogP contribution in [0.15, 0.2) is 133 Å². The highest BCUT2D eigenvalue weighted by molar-refractivity contribution is 5.91. The standard InChI is InChI=1S/C58H62O14/c1-34(2)54-31-41(32-65-49(59)37-22-12-7-13-23-37)57-44-47(54)70-58(71-54,72-57)42(67-51(61)39-26-16-9-17-27-39)30-20-6-5-11-21-35(3)43-36(4)46(68-52(62)40-28-18-10-19-29-40)56(64,45(43)57)53(63)55(48(44)69-55)33-66-50(60)38-24-14-8-15-25-38/h7-10,12-19,22-29,35-36,41-48,53,63-64H,1,5-6,11,20-21,30-33H2,2-4H3/t35-,36+,41+,42-,43?,44?,45?,46+,47-,48+,53-,54-,55+,56-,57-,58?/m1/s1. The summed E-state index contributed by atoms with van der Waals surface area (Å²) in [6.45, 7) is 9.60. The summed E-state index contributed by atoms with van der Waals surface area (Å²) in [5.74, 6) is -9.17. The lowest BCUT2D eigenvalue weighted by Gasteiger charge is -2.62. The molecule has 4 aromatic carbocycles. The van der Waals surface area contributed by atoms with Gasteiger partial charge in [0.05, 0.1) is 34.5 Å². The monoisotopic (exact) mass is 982 g/mol. The Bertz CT molecular complexity index is 2700. The van der Waals surface area contributed by atoms with Crippen molar-refractivity contribution in [3.63, 3.8) is 0 Å². The summed E-state index contributed by atoms with van der Waals surface area (Å²) in [5.41, 5.74) is -5.76. The van der Waals surface area contributed by atoms with Gasteiger partial charge in [0.25, 0.3) is 0 Å². The van der Waals surface area contributed by atoms with E-state index < -0.39 is 119 Å². The minimum atomic E-state index is -2.43. The van der Waals surface area contributed by atoms with Gasteiger partial charge in [-0.3, -0.25) is 0 Å². The number of carbonyl (C=O) groups is 4. The molecule has 0 radical (unpaired) electrons. The normalized spacial score (nSPS) is 39.1. The number of aliphatic hydroxyl groups excluding tert-OH is 1. The zero-order valence-electron chi connectivity index (χ0n) is 40.8. The minimum absolute atomic E-state index is 0.0853. The van der Waals surface area contributed by atoms with Crippen molar-refractivity contribution in [1.82, 2.24) is 0 Å². The topological polar surface area (TPSA) is 186 Å². The SMILES string of the molecule is C=C(C)[C@]12C[C@@H](COC(=O)c3ccccc3)[C@@]34OC5(O[C@@H]1C3[C@@H]1O[C@]1(COC(=O)c1ccccc1)[C@@H](O)[C@@]1(O)C4C([C@H](C)CCCCCC[C@H]5OC(=O)c3ccccc3)[C@H](C)[C@@H]1OC(=O)c1ccccc1)O2. The molecule has 14 nitrogen and oxygen atoms in total. The van der Waals surface area contributed by atoms with Crippen LogP contribution in [-0.2, 0) is 37.9 Å². The molecule has 3 bridgehead atoms. The molecule has 4 aromatic rings. The van der Waals surface area contributed by atoms with Gasteiger partial charge in [-0.2, -0.15) is 0 Å². The van der Waals surface area contributed by atoms with Crippen molar-refractivity contribution in [2.75, 3.05) is 13.2 Å². The Morgan fingerprint density at radius 1 is 0.667 bits per heavy atom. The maximum Gasteiger partial charge on any atom is 0.338 e. The highest BCUT2D eigenvalue weighted by Crippen LogP contribution is 2.76. The van der Waals surface area contributed by atoms with Crippen molar-refractivity contribution >= 4 is 23.9 Å². The molecule has 2 N–H and O–H groups in total. The third-order valence-corrected chi connectivity index (χ3v) is 17.4. The molecular weight excluding hydrogens is 921 g/mol. The smallest absolute Gasteiger partial charge is 0.338 e. The average molecular weight is 983 g/mol. The van der Waals surface area contributed by atoms with E-state index in [1.54, 1.807) is 121 Å². The number of carbonyl (C=O) groups excluding carboxylic acids is 4. The van der Waals surface area contributed by atoms with E-state index in [0.717, 1.165) is 19.3 Å². The lowest BCUT2D eigenvalue weighted by atomic mass is 9.51. The van der Waals surface area contributed by atoms with Crippen LogP contribution in [-0.4, -0.2) is 106 Å². The first-order valence-electron chi connectivity index (χ1n) is 25.5. The zero-order valence-corrected chi connectivity index (χ0v) is 40.8. The molecule has 14 heteroatoms. The van der Waals surface area contributed by atoms with Crippen LogP contribution in [0, 0.1) is 35.5 Å². The molecule has 4 heterocycles. The number of hydrogen-bond acceptors (Lipinski definition) is 14. The maximum absolute atomic E-state index is 14.5. The molecule has 378 valence electrons. The first-order chi connectivity index (χ1) is 34.7. The number of hydrogen-bond donors (Lipinski definition) is 2. The number of aliphatic hydroxyl groups is 2. The lowest BCUT2D eigenvalue weighted by molar-refractivity contribution is -0.458. The van der Waals surface area contributed by atoms with Crippen LogP contribution in [0.1, 0.15) is 107 Å². The summed E-state index contributed by atoms with van der Waals surface area (Å²) in [4.78, 5) is 56.9. The molecule has 2 spiro atoms. The van der Waals surface area contributed by atoms with Crippen molar-refractivity contribution in [2.45, 2.75) is 125 Å². The van der Waals surface area contributed by atoms with Crippen molar-refractivity contribution in [3.8, 4) is 0 Å². The van der Waals surface area contributed by atoms with Crippen molar-refractivity contribution in [1.29, 1.82) is 0 Å². The Morgan fingerprint density at radius 3 is 1.76 bits per heavy atom. The zero-order chi connectivity index (χ0) is 50.2. The molecule has 7 fully saturated rings. The van der Waals surface area contributed by atoms with E-state index >= 15 is 0 Å². The summed E-state index contributed by atoms with van der Waals surface area (Å²) in [6.07, 6.45) is -2.47. The fraction of sp³-hybridized carbons (Fsp3) is 0.483. The molecule has 0 aromatic heterocycles. The first-order valence-corrected chi connectivity index (χ1v) is 25.5. The number of rotatable bonds is 11. The summed E-state index contributed by atoms with van der Waals surface area (Å²) in [5, 5.41) is 28.1. The van der Waals surface area contributed by atoms with Gasteiger partial charge in [-0.25, -0.2) is 19.2 Å². The molecule has 0 amide bonds. The molecule has 3 aliphatic carbocycles. The van der Waals surface area contributed by atoms with E-state index in [-0.39, 0.29) is 36.5 Å². The van der Waals surface area contributed by atoms with Crippen molar-refractivity contribution in [3.05, 3.63) is 156 Å². The second-order valence-electron chi connectivity index (χ2n) is 21.3. The van der Waals surface area contributed by atoms with Gasteiger partial charge in [0.1, 0.15) is 42.2 Å². The van der Waals surface area contributed by atoms with Gasteiger partial charge in [0, 0.05) is 17.8 Å². The number of epoxide rings is 1. The van der Waals surface area contributed by atoms with E-state index in [0.29, 0.717) is 29.5 Å². The predicted molar refractivity (Wildman–Crippen MR) is 258 cm³/mol. The van der Waals surface area contributed by atoms with Gasteiger partial charge in [0.15, 0.2) is 11.7 Å². The van der Waals surface area contributed by atoms with Gasteiger partial charge in [-0.05, 0) is 98.0 Å². The lowest BCUT2D eigenvalue weighted by Crippen LogP contribution is -2.75. The Morgan fingerprint density at radius 2 is 1.19 bits per heavy atom. The Balaban J connectivity index is 1.14. The van der Waals surface area contributed by atoms with E-state index in [2.05, 4.69) is 13.5 Å². The molecule has 16 atom stereocenters. The molecule has 3 saturated carbocycles. The summed E-state index contributed by atoms with van der Waals surface area (Å²) >= 11 is 0. The molecule has 4 aliphatic heterocycles. The fourth-order valence-electron chi connectivity index (χ4n) is 14.1. The average Bonchev–Trinajstić information content (AvgIpc) is 4.02. The quantitative estimate of drug-likeness (QED) is 0.0636. The molecule has 7 aliphatic rings. The fourth-order valence-corrected chi connectivity index (χ4v) is 14.1. The van der Waals surface area contributed by atoms with Crippen LogP contribution >= 0.6 is 0 Å². The largest absolute Gasteiger partial charge is 0.462 e. The molecule has 4 unspecified atom stereocenters. The maximum atomic E-state index is 14.5. The van der Waals surface area contributed by atoms with Crippen molar-refractivity contribution in [2.24, 2.45) is 35.5 Å². The van der Waals surface area contributed by atoms with Crippen molar-refractivity contribution < 1.29 is 67.3 Å². The van der Waals surface area contributed by atoms with Crippen LogP contribution in [0.3, 0.4) is 0 Å². The molecule has 72 heavy (non-hydrogen) atoms. The molecule has 4 saturated heterocycles. The van der Waals surface area contributed by atoms with E-state index in [1.807, 2.05) is 13.8 Å². The number of ether oxygens (including phenoxy) is 8. The third kappa shape index (κ3) is 7.49. The van der Waals surface area contributed by atoms with Crippen LogP contribution in [0.2, 0.25) is 0 Å². The van der Waals surface area contributed by atoms with E-state index in [1.165, 1.54) is 0 Å². The summed E-state index contributed by atoms with van der Waals surface area (Å²) < 4.78 is 55.1. The number of benzene rings is 4. The van der Waals surface area contributed by atoms with Gasteiger partial charge >= 0.3 is 29.9 Å². The molecule has 11 rings (SSSR count). The third-order valence-electron chi connectivity index (χ3n) is 17.4. The first kappa shape index (κ1) is 48.5. The van der Waals surface area contributed by atoms with Gasteiger partial charge in [0.2, 0.25) is 0 Å². The van der Waals surface area contributed by atoms with Gasteiger partial charge in [-0.15, -0.1) is 0 Å². The van der Waals surface area contributed by atoms with E-state index in [9.17, 15) is 29.4 Å². The van der Waals surface area contributed by atoms with Crippen LogP contribution < -0.4 is 0 Å². The second-order valence-corrected chi connectivity index (χ2v) is 21.3. The van der Waals surface area contributed by atoms with Crippen LogP contribution in [0.4, 0.5) is 0 Å². The Labute approximate surface area is 418 Å².